The zero-order chi connectivity index (χ0) is 15.5. The number of carbonyl (C=O) groups is 1. The van der Waals surface area contributed by atoms with Crippen molar-refractivity contribution in [3.05, 3.63) is 64.2 Å². The SMILES string of the molecule is CCn1cc(CNC(=O)c2c[nH]c3ccccc3c2=O)cn1. The highest BCUT2D eigenvalue weighted by atomic mass is 16.2. The number of aryl methyl sites for hydroxylation is 1. The van der Waals surface area contributed by atoms with Crippen LogP contribution >= 0.6 is 0 Å². The predicted molar refractivity (Wildman–Crippen MR) is 83.6 cm³/mol. The Balaban J connectivity index is 1.80. The van der Waals surface area contributed by atoms with Crippen molar-refractivity contribution in [2.45, 2.75) is 20.0 Å². The molecule has 1 amide bonds. The van der Waals surface area contributed by atoms with Gasteiger partial charge in [0.25, 0.3) is 5.91 Å². The maximum atomic E-state index is 12.3. The van der Waals surface area contributed by atoms with Crippen molar-refractivity contribution in [2.75, 3.05) is 0 Å². The van der Waals surface area contributed by atoms with Gasteiger partial charge in [0, 0.05) is 41.9 Å². The van der Waals surface area contributed by atoms with E-state index in [0.717, 1.165) is 12.1 Å². The third kappa shape index (κ3) is 2.63. The molecule has 0 saturated heterocycles. The molecular formula is C16H16N4O2. The molecule has 2 aromatic heterocycles. The number of fused-ring (bicyclic) bond motifs is 1. The zero-order valence-corrected chi connectivity index (χ0v) is 12.2. The zero-order valence-electron chi connectivity index (χ0n) is 12.2. The Labute approximate surface area is 126 Å². The lowest BCUT2D eigenvalue weighted by molar-refractivity contribution is 0.0949. The molecule has 2 heterocycles. The first-order chi connectivity index (χ1) is 10.7. The molecule has 2 N–H and O–H groups in total. The van der Waals surface area contributed by atoms with Crippen LogP contribution < -0.4 is 10.7 Å². The highest BCUT2D eigenvalue weighted by Crippen LogP contribution is 2.07. The van der Waals surface area contributed by atoms with Crippen LogP contribution in [0, 0.1) is 0 Å². The number of aromatic nitrogens is 3. The van der Waals surface area contributed by atoms with Gasteiger partial charge in [-0.15, -0.1) is 0 Å². The minimum atomic E-state index is -0.392. The van der Waals surface area contributed by atoms with Crippen LogP contribution in [0.25, 0.3) is 10.9 Å². The summed E-state index contributed by atoms with van der Waals surface area (Å²) in [5.41, 5.74) is 1.46. The van der Waals surface area contributed by atoms with Gasteiger partial charge >= 0.3 is 0 Å². The monoisotopic (exact) mass is 296 g/mol. The molecule has 112 valence electrons. The van der Waals surface area contributed by atoms with Crippen LogP contribution in [-0.4, -0.2) is 20.7 Å². The fourth-order valence-electron chi connectivity index (χ4n) is 2.28. The second kappa shape index (κ2) is 5.85. The van der Waals surface area contributed by atoms with Crippen LogP contribution in [0.2, 0.25) is 0 Å². The van der Waals surface area contributed by atoms with Gasteiger partial charge in [-0.1, -0.05) is 12.1 Å². The summed E-state index contributed by atoms with van der Waals surface area (Å²) < 4.78 is 1.78. The fourth-order valence-corrected chi connectivity index (χ4v) is 2.28. The van der Waals surface area contributed by atoms with Gasteiger partial charge in [-0.05, 0) is 19.1 Å². The highest BCUT2D eigenvalue weighted by Gasteiger charge is 2.12. The molecule has 0 aliphatic heterocycles. The molecule has 0 radical (unpaired) electrons. The Morgan fingerprint density at radius 2 is 2.18 bits per heavy atom. The van der Waals surface area contributed by atoms with Gasteiger partial charge in [-0.2, -0.15) is 5.10 Å². The number of nitrogens with one attached hydrogen (secondary N) is 2. The van der Waals surface area contributed by atoms with Gasteiger partial charge in [0.15, 0.2) is 0 Å². The molecule has 0 fully saturated rings. The minimum Gasteiger partial charge on any atom is -0.360 e. The summed E-state index contributed by atoms with van der Waals surface area (Å²) in [5, 5.41) is 7.40. The minimum absolute atomic E-state index is 0.113. The smallest absolute Gasteiger partial charge is 0.257 e. The van der Waals surface area contributed by atoms with Crippen molar-refractivity contribution >= 4 is 16.8 Å². The number of hydrogen-bond donors (Lipinski definition) is 2. The van der Waals surface area contributed by atoms with Crippen molar-refractivity contribution in [3.8, 4) is 0 Å². The summed E-state index contributed by atoms with van der Waals surface area (Å²) in [6.45, 7) is 3.10. The van der Waals surface area contributed by atoms with E-state index in [2.05, 4.69) is 15.4 Å². The van der Waals surface area contributed by atoms with E-state index in [0.29, 0.717) is 17.4 Å². The molecule has 0 aliphatic rings. The molecule has 22 heavy (non-hydrogen) atoms. The van der Waals surface area contributed by atoms with E-state index in [1.807, 2.05) is 19.2 Å². The number of amides is 1. The van der Waals surface area contributed by atoms with Gasteiger partial charge in [-0.3, -0.25) is 14.3 Å². The standard InChI is InChI=1S/C16H16N4O2/c1-2-20-10-11(8-19-20)7-18-16(22)13-9-17-14-6-4-3-5-12(14)15(13)21/h3-6,8-10H,2,7H2,1H3,(H,17,21)(H,18,22). The van der Waals surface area contributed by atoms with Crippen molar-refractivity contribution in [2.24, 2.45) is 0 Å². The van der Waals surface area contributed by atoms with Gasteiger partial charge < -0.3 is 10.3 Å². The Hall–Kier alpha value is -2.89. The molecule has 6 heteroatoms. The molecule has 6 nitrogen and oxygen atoms in total. The number of benzene rings is 1. The molecular weight excluding hydrogens is 280 g/mol. The number of aromatic amines is 1. The lowest BCUT2D eigenvalue weighted by Gasteiger charge is -2.04. The third-order valence-corrected chi connectivity index (χ3v) is 3.50. The third-order valence-electron chi connectivity index (χ3n) is 3.50. The molecule has 0 saturated carbocycles. The van der Waals surface area contributed by atoms with Gasteiger partial charge in [-0.25, -0.2) is 0 Å². The van der Waals surface area contributed by atoms with E-state index in [9.17, 15) is 9.59 Å². The summed E-state index contributed by atoms with van der Waals surface area (Å²) in [6.07, 6.45) is 5.02. The van der Waals surface area contributed by atoms with E-state index in [4.69, 9.17) is 0 Å². The summed E-state index contributed by atoms with van der Waals surface area (Å²) in [5.74, 6) is -0.392. The summed E-state index contributed by atoms with van der Waals surface area (Å²) in [7, 11) is 0. The van der Waals surface area contributed by atoms with Crippen molar-refractivity contribution in [3.63, 3.8) is 0 Å². The number of pyridine rings is 1. The quantitative estimate of drug-likeness (QED) is 0.768. The molecule has 0 unspecified atom stereocenters. The first kappa shape index (κ1) is 14.1. The lowest BCUT2D eigenvalue weighted by Crippen LogP contribution is -2.28. The van der Waals surface area contributed by atoms with E-state index < -0.39 is 5.91 Å². The Bertz CT molecular complexity index is 879. The number of carbonyl (C=O) groups excluding carboxylic acids is 1. The first-order valence-corrected chi connectivity index (χ1v) is 7.09. The fraction of sp³-hybridized carbons (Fsp3) is 0.188. The van der Waals surface area contributed by atoms with Crippen molar-refractivity contribution in [1.82, 2.24) is 20.1 Å². The number of hydrogen-bond acceptors (Lipinski definition) is 3. The first-order valence-electron chi connectivity index (χ1n) is 7.09. The highest BCUT2D eigenvalue weighted by molar-refractivity contribution is 5.97. The molecule has 3 rings (SSSR count). The van der Waals surface area contributed by atoms with Crippen LogP contribution in [0.1, 0.15) is 22.8 Å². The lowest BCUT2D eigenvalue weighted by atomic mass is 10.1. The predicted octanol–water partition coefficient (Wildman–Crippen LogP) is 1.67. The van der Waals surface area contributed by atoms with E-state index in [1.54, 1.807) is 29.1 Å². The summed E-state index contributed by atoms with van der Waals surface area (Å²) in [4.78, 5) is 27.5. The Kier molecular flexibility index (Phi) is 3.74. The molecule has 0 spiro atoms. The second-order valence-corrected chi connectivity index (χ2v) is 4.96. The maximum absolute atomic E-state index is 12.3. The molecule has 0 atom stereocenters. The van der Waals surface area contributed by atoms with E-state index in [-0.39, 0.29) is 11.0 Å². The molecule has 3 aromatic rings. The number of nitrogens with zero attached hydrogens (tertiary/aromatic N) is 2. The summed E-state index contributed by atoms with van der Waals surface area (Å²) >= 11 is 0. The largest absolute Gasteiger partial charge is 0.360 e. The van der Waals surface area contributed by atoms with Crippen LogP contribution in [-0.2, 0) is 13.1 Å². The summed E-state index contributed by atoms with van der Waals surface area (Å²) in [6, 6.07) is 7.12. The Morgan fingerprint density at radius 3 is 2.95 bits per heavy atom. The van der Waals surface area contributed by atoms with Crippen LogP contribution in [0.5, 0.6) is 0 Å². The molecule has 0 bridgehead atoms. The van der Waals surface area contributed by atoms with E-state index in [1.165, 1.54) is 6.20 Å². The Morgan fingerprint density at radius 1 is 1.36 bits per heavy atom. The van der Waals surface area contributed by atoms with Gasteiger partial charge in [0.1, 0.15) is 5.56 Å². The topological polar surface area (TPSA) is 79.8 Å². The van der Waals surface area contributed by atoms with Gasteiger partial charge in [0.05, 0.1) is 6.20 Å². The average Bonchev–Trinajstić information content (AvgIpc) is 3.01. The molecule has 0 aliphatic carbocycles. The van der Waals surface area contributed by atoms with Crippen molar-refractivity contribution in [1.29, 1.82) is 0 Å². The molecule has 1 aromatic carbocycles. The maximum Gasteiger partial charge on any atom is 0.257 e. The number of H-pyrrole nitrogens is 1. The second-order valence-electron chi connectivity index (χ2n) is 4.96. The number of para-hydroxylation sites is 1. The van der Waals surface area contributed by atoms with Crippen LogP contribution in [0.15, 0.2) is 47.7 Å². The number of rotatable bonds is 4. The van der Waals surface area contributed by atoms with Crippen LogP contribution in [0.4, 0.5) is 0 Å². The average molecular weight is 296 g/mol. The van der Waals surface area contributed by atoms with Crippen LogP contribution in [0.3, 0.4) is 0 Å². The van der Waals surface area contributed by atoms with E-state index >= 15 is 0 Å². The van der Waals surface area contributed by atoms with Crippen molar-refractivity contribution < 1.29 is 4.79 Å². The normalized spacial score (nSPS) is 10.8. The van der Waals surface area contributed by atoms with Gasteiger partial charge in [0.2, 0.25) is 5.43 Å².